The third-order valence-electron chi connectivity index (χ3n) is 6.69. The minimum Gasteiger partial charge on any atom is -0.350 e. The molecule has 0 bridgehead atoms. The van der Waals surface area contributed by atoms with Crippen LogP contribution in [-0.2, 0) is 7.05 Å². The lowest BCUT2D eigenvalue weighted by atomic mass is 10.1. The smallest absolute Gasteiger partial charge is 0.259 e. The Kier molecular flexibility index (Phi) is 7.36. The minimum absolute atomic E-state index is 0.144. The molecule has 1 aromatic heterocycles. The Morgan fingerprint density at radius 1 is 1.14 bits per heavy atom. The highest BCUT2D eigenvalue weighted by molar-refractivity contribution is 7.80. The van der Waals surface area contributed by atoms with E-state index in [9.17, 15) is 14.0 Å². The number of nitrogens with one attached hydrogen (secondary N) is 2. The van der Waals surface area contributed by atoms with E-state index in [-0.39, 0.29) is 29.0 Å². The molecule has 1 amide bonds. The van der Waals surface area contributed by atoms with Crippen molar-refractivity contribution in [2.75, 3.05) is 29.6 Å². The van der Waals surface area contributed by atoms with Gasteiger partial charge in [0.1, 0.15) is 17.2 Å². The zero-order valence-corrected chi connectivity index (χ0v) is 22.8. The van der Waals surface area contributed by atoms with E-state index in [4.69, 9.17) is 12.2 Å². The van der Waals surface area contributed by atoms with Gasteiger partial charge in [0.2, 0.25) is 0 Å². The van der Waals surface area contributed by atoms with Crippen molar-refractivity contribution in [1.29, 1.82) is 0 Å². The number of amides is 1. The number of pyridine rings is 1. The molecule has 0 unspecified atom stereocenters. The van der Waals surface area contributed by atoms with Gasteiger partial charge in [0.25, 0.3) is 11.5 Å². The number of carbonyl (C=O) groups is 1. The molecule has 1 fully saturated rings. The number of rotatable bonds is 7. The summed E-state index contributed by atoms with van der Waals surface area (Å²) in [5, 5.41) is 6.20. The summed E-state index contributed by atoms with van der Waals surface area (Å²) in [5.41, 5.74) is 3.40. The fourth-order valence-corrected chi connectivity index (χ4v) is 4.59. The lowest BCUT2D eigenvalue weighted by Gasteiger charge is -2.29. The topological polar surface area (TPSA) is 69.6 Å². The maximum Gasteiger partial charge on any atom is 0.259 e. The van der Waals surface area contributed by atoms with Crippen LogP contribution in [0.3, 0.4) is 0 Å². The molecule has 1 aliphatic carbocycles. The first-order valence-corrected chi connectivity index (χ1v) is 12.6. The summed E-state index contributed by atoms with van der Waals surface area (Å²) in [6.07, 6.45) is 1.86. The molecule has 0 aliphatic heterocycles. The first kappa shape index (κ1) is 26.3. The number of aromatic nitrogens is 1. The molecule has 3 aromatic rings. The average Bonchev–Trinajstić information content (AvgIpc) is 3.69. The highest BCUT2D eigenvalue weighted by Crippen LogP contribution is 2.38. The van der Waals surface area contributed by atoms with Gasteiger partial charge < -0.3 is 20.4 Å². The molecule has 0 spiro atoms. The van der Waals surface area contributed by atoms with Crippen molar-refractivity contribution in [3.63, 3.8) is 0 Å². The van der Waals surface area contributed by atoms with Crippen molar-refractivity contribution in [3.05, 3.63) is 75.3 Å². The van der Waals surface area contributed by atoms with Crippen LogP contribution in [0.1, 0.15) is 41.3 Å². The van der Waals surface area contributed by atoms with Gasteiger partial charge in [-0.3, -0.25) is 14.2 Å². The van der Waals surface area contributed by atoms with Crippen LogP contribution >= 0.6 is 12.2 Å². The number of hydrogen-bond acceptors (Lipinski definition) is 5. The molecule has 37 heavy (non-hydrogen) atoms. The molecule has 1 saturated carbocycles. The van der Waals surface area contributed by atoms with Gasteiger partial charge in [-0.2, -0.15) is 0 Å². The normalized spacial score (nSPS) is 12.7. The average molecular weight is 522 g/mol. The van der Waals surface area contributed by atoms with Crippen LogP contribution in [0.15, 0.2) is 47.3 Å². The fourth-order valence-electron chi connectivity index (χ4n) is 4.47. The summed E-state index contributed by atoms with van der Waals surface area (Å²) in [5.74, 6) is -0.463. The maximum absolute atomic E-state index is 14.9. The second kappa shape index (κ2) is 10.3. The SMILES string of the molecule is CC(=S)Nc1cccc(N(C)c2c(C(=O)N(C)C3CC3)c(Nc3ccc(C)cc3F)n(C)c(=O)c2C)c1. The highest BCUT2D eigenvalue weighted by atomic mass is 32.1. The van der Waals surface area contributed by atoms with E-state index in [1.165, 1.54) is 10.6 Å². The van der Waals surface area contributed by atoms with E-state index >= 15 is 0 Å². The van der Waals surface area contributed by atoms with Crippen LogP contribution in [0.5, 0.6) is 0 Å². The van der Waals surface area contributed by atoms with Crippen molar-refractivity contribution < 1.29 is 9.18 Å². The Bertz CT molecular complexity index is 1450. The Labute approximate surface area is 221 Å². The summed E-state index contributed by atoms with van der Waals surface area (Å²) in [4.78, 5) is 31.6. The summed E-state index contributed by atoms with van der Waals surface area (Å²) < 4.78 is 16.3. The summed E-state index contributed by atoms with van der Waals surface area (Å²) in [7, 11) is 5.18. The molecule has 4 rings (SSSR count). The van der Waals surface area contributed by atoms with Crippen molar-refractivity contribution >= 4 is 51.7 Å². The second-order valence-electron chi connectivity index (χ2n) is 9.61. The Morgan fingerprint density at radius 3 is 2.46 bits per heavy atom. The largest absolute Gasteiger partial charge is 0.350 e. The van der Waals surface area contributed by atoms with E-state index in [0.717, 1.165) is 29.8 Å². The molecule has 2 N–H and O–H groups in total. The highest BCUT2D eigenvalue weighted by Gasteiger charge is 2.35. The zero-order valence-electron chi connectivity index (χ0n) is 22.0. The summed E-state index contributed by atoms with van der Waals surface area (Å²) >= 11 is 5.19. The number of benzene rings is 2. The molecule has 1 heterocycles. The van der Waals surface area contributed by atoms with Crippen molar-refractivity contribution in [2.45, 2.75) is 39.7 Å². The zero-order chi connectivity index (χ0) is 27.0. The molecular weight excluding hydrogens is 489 g/mol. The predicted octanol–water partition coefficient (Wildman–Crippen LogP) is 5.65. The van der Waals surface area contributed by atoms with E-state index in [1.807, 2.05) is 36.2 Å². The standard InChI is InChI=1S/C28H32FN5O2S/c1-16-10-13-23(22(29)14-16)31-26-24(28(36)33(5)20-11-12-20)25(17(2)27(35)34(26)6)32(4)21-9-7-8-19(15-21)30-18(3)37/h7-10,13-15,20,31H,11-12H2,1-6H3,(H,30,37). The quantitative estimate of drug-likeness (QED) is 0.392. The van der Waals surface area contributed by atoms with Gasteiger partial charge in [-0.25, -0.2) is 4.39 Å². The Morgan fingerprint density at radius 2 is 1.84 bits per heavy atom. The number of aryl methyl sites for hydroxylation is 1. The lowest BCUT2D eigenvalue weighted by Crippen LogP contribution is -2.35. The summed E-state index contributed by atoms with van der Waals surface area (Å²) in [6.45, 7) is 5.31. The van der Waals surface area contributed by atoms with E-state index in [1.54, 1.807) is 51.9 Å². The number of hydrogen-bond donors (Lipinski definition) is 2. The Hall–Kier alpha value is -3.72. The third kappa shape index (κ3) is 5.36. The van der Waals surface area contributed by atoms with Crippen LogP contribution in [0.2, 0.25) is 0 Å². The van der Waals surface area contributed by atoms with E-state index in [2.05, 4.69) is 10.6 Å². The molecule has 1 aliphatic rings. The van der Waals surface area contributed by atoms with Gasteiger partial charge in [-0.1, -0.05) is 24.4 Å². The monoisotopic (exact) mass is 521 g/mol. The van der Waals surface area contributed by atoms with Crippen LogP contribution in [-0.4, -0.2) is 40.5 Å². The number of carbonyl (C=O) groups excluding carboxylic acids is 1. The van der Waals surface area contributed by atoms with E-state index in [0.29, 0.717) is 21.8 Å². The summed E-state index contributed by atoms with van der Waals surface area (Å²) in [6, 6.07) is 12.5. The molecular formula is C28H32FN5O2S. The number of nitrogens with zero attached hydrogens (tertiary/aromatic N) is 3. The second-order valence-corrected chi connectivity index (χ2v) is 10.2. The van der Waals surface area contributed by atoms with Crippen LogP contribution in [0.25, 0.3) is 0 Å². The molecule has 0 radical (unpaired) electrons. The minimum atomic E-state index is -0.466. The maximum atomic E-state index is 14.9. The molecule has 7 nitrogen and oxygen atoms in total. The van der Waals surface area contributed by atoms with Gasteiger partial charge in [0, 0.05) is 44.1 Å². The van der Waals surface area contributed by atoms with Gasteiger partial charge in [0.05, 0.1) is 16.4 Å². The van der Waals surface area contributed by atoms with E-state index < -0.39 is 5.82 Å². The number of anilines is 5. The number of halogens is 1. The van der Waals surface area contributed by atoms with Crippen LogP contribution in [0, 0.1) is 19.7 Å². The van der Waals surface area contributed by atoms with Crippen LogP contribution in [0.4, 0.5) is 33.0 Å². The third-order valence-corrected chi connectivity index (χ3v) is 6.79. The van der Waals surface area contributed by atoms with Gasteiger partial charge in [-0.15, -0.1) is 0 Å². The molecule has 0 atom stereocenters. The number of thiocarbonyl (C=S) groups is 1. The van der Waals surface area contributed by atoms with Gasteiger partial charge >= 0.3 is 0 Å². The molecule has 9 heteroatoms. The van der Waals surface area contributed by atoms with Gasteiger partial charge in [0.15, 0.2) is 0 Å². The molecule has 2 aromatic carbocycles. The first-order valence-electron chi connectivity index (χ1n) is 12.1. The van der Waals surface area contributed by atoms with Crippen molar-refractivity contribution in [2.24, 2.45) is 7.05 Å². The predicted molar refractivity (Wildman–Crippen MR) is 152 cm³/mol. The van der Waals surface area contributed by atoms with Gasteiger partial charge in [-0.05, 0) is 69.5 Å². The fraction of sp³-hybridized carbons (Fsp3) is 0.321. The van der Waals surface area contributed by atoms with Crippen molar-refractivity contribution in [3.8, 4) is 0 Å². The van der Waals surface area contributed by atoms with Crippen LogP contribution < -0.4 is 21.1 Å². The molecule has 194 valence electrons. The Balaban J connectivity index is 1.94. The molecule has 0 saturated heterocycles. The lowest BCUT2D eigenvalue weighted by molar-refractivity contribution is 0.0786. The first-order chi connectivity index (χ1) is 17.5. The van der Waals surface area contributed by atoms with Crippen molar-refractivity contribution in [1.82, 2.24) is 9.47 Å².